The van der Waals surface area contributed by atoms with Crippen molar-refractivity contribution in [1.82, 2.24) is 4.98 Å². The van der Waals surface area contributed by atoms with Crippen LogP contribution in [0.4, 0.5) is 0 Å². The van der Waals surface area contributed by atoms with Crippen LogP contribution in [0.15, 0.2) is 18.3 Å². The Bertz CT molecular complexity index is 384. The van der Waals surface area contributed by atoms with Crippen molar-refractivity contribution in [2.24, 2.45) is 0 Å². The average molecular weight is 217 g/mol. The molecule has 0 fully saturated rings. The molecule has 0 aromatic carbocycles. The van der Waals surface area contributed by atoms with Gasteiger partial charge in [-0.15, -0.1) is 0 Å². The van der Waals surface area contributed by atoms with E-state index in [0.29, 0.717) is 11.3 Å². The summed E-state index contributed by atoms with van der Waals surface area (Å²) in [6.07, 6.45) is 2.46. The van der Waals surface area contributed by atoms with Crippen LogP contribution >= 0.6 is 0 Å². The number of hydrogen-bond acceptors (Lipinski definition) is 5. The van der Waals surface area contributed by atoms with Gasteiger partial charge >= 0.3 is 0 Å². The second-order valence-corrected chi connectivity index (χ2v) is 4.43. The summed E-state index contributed by atoms with van der Waals surface area (Å²) in [7, 11) is -3.42. The number of hydrogen-bond donors (Lipinski definition) is 1. The molecule has 1 N–H and O–H groups in total. The maximum absolute atomic E-state index is 10.6. The first-order chi connectivity index (χ1) is 6.51. The zero-order chi connectivity index (χ0) is 10.6. The van der Waals surface area contributed by atoms with E-state index >= 15 is 0 Å². The molecule has 0 aliphatic heterocycles. The van der Waals surface area contributed by atoms with Crippen LogP contribution in [-0.2, 0) is 27.5 Å². The molecule has 5 nitrogen and oxygen atoms in total. The minimum absolute atomic E-state index is 0.0302. The zero-order valence-corrected chi connectivity index (χ0v) is 8.49. The molecule has 0 unspecified atom stereocenters. The van der Waals surface area contributed by atoms with Gasteiger partial charge in [0.1, 0.15) is 0 Å². The number of nitrogens with zero attached hydrogens (tertiary/aromatic N) is 1. The van der Waals surface area contributed by atoms with Gasteiger partial charge in [0.2, 0.25) is 0 Å². The Morgan fingerprint density at radius 3 is 2.64 bits per heavy atom. The third kappa shape index (κ3) is 3.82. The molecule has 1 aromatic rings. The highest BCUT2D eigenvalue weighted by Crippen LogP contribution is 2.03. The van der Waals surface area contributed by atoms with Gasteiger partial charge in [0, 0.05) is 6.20 Å². The van der Waals surface area contributed by atoms with Gasteiger partial charge < -0.3 is 5.11 Å². The Hall–Kier alpha value is -0.980. The molecule has 78 valence electrons. The Labute approximate surface area is 82.5 Å². The van der Waals surface area contributed by atoms with E-state index in [-0.39, 0.29) is 13.2 Å². The van der Waals surface area contributed by atoms with E-state index in [9.17, 15) is 8.42 Å². The number of pyridine rings is 1. The average Bonchev–Trinajstić information content (AvgIpc) is 2.14. The van der Waals surface area contributed by atoms with Gasteiger partial charge in [-0.25, -0.2) is 0 Å². The molecule has 0 atom stereocenters. The molecular formula is C8H11NO4S. The Balaban J connectivity index is 2.61. The molecular weight excluding hydrogens is 206 g/mol. The normalized spacial score (nSPS) is 11.6. The maximum atomic E-state index is 10.6. The molecule has 1 aromatic heterocycles. The highest BCUT2D eigenvalue weighted by Gasteiger charge is 2.02. The van der Waals surface area contributed by atoms with Crippen LogP contribution in [-0.4, -0.2) is 24.8 Å². The number of aromatic nitrogens is 1. The van der Waals surface area contributed by atoms with Crippen molar-refractivity contribution >= 4 is 10.1 Å². The molecule has 1 heterocycles. The van der Waals surface area contributed by atoms with Crippen molar-refractivity contribution in [3.05, 3.63) is 29.6 Å². The summed E-state index contributed by atoms with van der Waals surface area (Å²) >= 11 is 0. The van der Waals surface area contributed by atoms with Gasteiger partial charge in [-0.2, -0.15) is 8.42 Å². The van der Waals surface area contributed by atoms with Gasteiger partial charge in [-0.3, -0.25) is 9.17 Å². The van der Waals surface area contributed by atoms with Crippen LogP contribution in [0.5, 0.6) is 0 Å². The standard InChI is InChI=1S/C8H11NO4S/c1-14(11,12)13-6-7-2-3-8(5-10)9-4-7/h2-4,10H,5-6H2,1H3. The lowest BCUT2D eigenvalue weighted by atomic mass is 10.3. The van der Waals surface area contributed by atoms with Gasteiger partial charge in [-0.05, 0) is 11.6 Å². The van der Waals surface area contributed by atoms with Crippen molar-refractivity contribution in [1.29, 1.82) is 0 Å². The lowest BCUT2D eigenvalue weighted by Gasteiger charge is -2.01. The molecule has 1 rings (SSSR count). The molecule has 0 spiro atoms. The van der Waals surface area contributed by atoms with E-state index < -0.39 is 10.1 Å². The van der Waals surface area contributed by atoms with E-state index in [2.05, 4.69) is 9.17 Å². The lowest BCUT2D eigenvalue weighted by molar-refractivity contribution is 0.276. The molecule has 0 saturated carbocycles. The molecule has 0 saturated heterocycles. The summed E-state index contributed by atoms with van der Waals surface area (Å²) in [5, 5.41) is 8.70. The van der Waals surface area contributed by atoms with Gasteiger partial charge in [0.25, 0.3) is 10.1 Å². The van der Waals surface area contributed by atoms with E-state index in [0.717, 1.165) is 6.26 Å². The number of aliphatic hydroxyl groups excluding tert-OH is 1. The molecule has 0 radical (unpaired) electrons. The number of rotatable bonds is 4. The van der Waals surface area contributed by atoms with Crippen molar-refractivity contribution in [2.75, 3.05) is 6.26 Å². The fourth-order valence-corrected chi connectivity index (χ4v) is 1.16. The van der Waals surface area contributed by atoms with E-state index in [4.69, 9.17) is 5.11 Å². The summed E-state index contributed by atoms with van der Waals surface area (Å²) in [4.78, 5) is 3.87. The topological polar surface area (TPSA) is 76.5 Å². The van der Waals surface area contributed by atoms with Gasteiger partial charge in [0.15, 0.2) is 0 Å². The molecule has 0 bridgehead atoms. The largest absolute Gasteiger partial charge is 0.390 e. The molecule has 6 heteroatoms. The molecule has 14 heavy (non-hydrogen) atoms. The Kier molecular flexibility index (Phi) is 3.56. The predicted octanol–water partition coefficient (Wildman–Crippen LogP) is 0.0501. The smallest absolute Gasteiger partial charge is 0.264 e. The third-order valence-electron chi connectivity index (χ3n) is 1.49. The molecule has 0 aliphatic rings. The van der Waals surface area contributed by atoms with Gasteiger partial charge in [-0.1, -0.05) is 6.07 Å². The molecule has 0 amide bonds. The first kappa shape index (κ1) is 11.1. The van der Waals surface area contributed by atoms with Crippen LogP contribution in [0.3, 0.4) is 0 Å². The summed E-state index contributed by atoms with van der Waals surface area (Å²) in [6, 6.07) is 3.27. The van der Waals surface area contributed by atoms with E-state index in [1.54, 1.807) is 12.1 Å². The van der Waals surface area contributed by atoms with Gasteiger partial charge in [0.05, 0.1) is 25.2 Å². The van der Waals surface area contributed by atoms with E-state index in [1.807, 2.05) is 0 Å². The van der Waals surface area contributed by atoms with Crippen molar-refractivity contribution in [2.45, 2.75) is 13.2 Å². The quantitative estimate of drug-likeness (QED) is 0.721. The van der Waals surface area contributed by atoms with Crippen molar-refractivity contribution in [3.8, 4) is 0 Å². The minimum atomic E-state index is -3.42. The lowest BCUT2D eigenvalue weighted by Crippen LogP contribution is -2.03. The second kappa shape index (κ2) is 4.50. The first-order valence-corrected chi connectivity index (χ1v) is 5.72. The summed E-state index contributed by atoms with van der Waals surface area (Å²) in [6.45, 7) is -0.162. The van der Waals surface area contributed by atoms with Crippen LogP contribution in [0, 0.1) is 0 Å². The maximum Gasteiger partial charge on any atom is 0.264 e. The van der Waals surface area contributed by atoms with E-state index in [1.165, 1.54) is 6.20 Å². The van der Waals surface area contributed by atoms with Crippen LogP contribution in [0.1, 0.15) is 11.3 Å². The zero-order valence-electron chi connectivity index (χ0n) is 7.67. The second-order valence-electron chi connectivity index (χ2n) is 2.78. The fourth-order valence-electron chi connectivity index (χ4n) is 0.809. The monoisotopic (exact) mass is 217 g/mol. The highest BCUT2D eigenvalue weighted by molar-refractivity contribution is 7.85. The highest BCUT2D eigenvalue weighted by atomic mass is 32.2. The molecule has 0 aliphatic carbocycles. The van der Waals surface area contributed by atoms with Crippen LogP contribution < -0.4 is 0 Å². The van der Waals surface area contributed by atoms with Crippen LogP contribution in [0.25, 0.3) is 0 Å². The third-order valence-corrected chi connectivity index (χ3v) is 2.03. The summed E-state index contributed by atoms with van der Waals surface area (Å²) in [5.74, 6) is 0. The Morgan fingerprint density at radius 2 is 2.21 bits per heavy atom. The van der Waals surface area contributed by atoms with Crippen LogP contribution in [0.2, 0.25) is 0 Å². The first-order valence-electron chi connectivity index (χ1n) is 3.90. The minimum Gasteiger partial charge on any atom is -0.390 e. The Morgan fingerprint density at radius 1 is 1.50 bits per heavy atom. The SMILES string of the molecule is CS(=O)(=O)OCc1ccc(CO)nc1. The van der Waals surface area contributed by atoms with Crippen molar-refractivity contribution in [3.63, 3.8) is 0 Å². The summed E-state index contributed by atoms with van der Waals surface area (Å²) < 4.78 is 25.8. The number of aliphatic hydroxyl groups is 1. The predicted molar refractivity (Wildman–Crippen MR) is 49.8 cm³/mol. The summed E-state index contributed by atoms with van der Waals surface area (Å²) in [5.41, 5.74) is 1.18. The fraction of sp³-hybridized carbons (Fsp3) is 0.375. The van der Waals surface area contributed by atoms with Crippen molar-refractivity contribution < 1.29 is 17.7 Å².